The van der Waals surface area contributed by atoms with Crippen molar-refractivity contribution in [1.82, 2.24) is 10.2 Å². The summed E-state index contributed by atoms with van der Waals surface area (Å²) in [6.07, 6.45) is 4.93. The van der Waals surface area contributed by atoms with E-state index >= 15 is 0 Å². The summed E-state index contributed by atoms with van der Waals surface area (Å²) in [4.78, 5) is 2.58. The maximum atomic E-state index is 5.68. The number of unbranched alkanes of at least 4 members (excludes halogenated alkanes) is 2. The minimum Gasteiger partial charge on any atom is -0.496 e. The lowest BCUT2D eigenvalue weighted by atomic mass is 9.97. The Morgan fingerprint density at radius 1 is 1.13 bits per heavy atom. The molecule has 1 aromatic rings. The Morgan fingerprint density at radius 3 is 2.43 bits per heavy atom. The lowest BCUT2D eigenvalue weighted by molar-refractivity contribution is 0.159. The van der Waals surface area contributed by atoms with Crippen LogP contribution in [0.4, 0.5) is 0 Å². The first-order valence-electron chi connectivity index (χ1n) is 8.57. The van der Waals surface area contributed by atoms with E-state index in [0.29, 0.717) is 6.04 Å². The molecule has 0 spiro atoms. The van der Waals surface area contributed by atoms with Crippen LogP contribution in [0.1, 0.15) is 44.2 Å². The molecular formula is C18H29BrN2O2. The van der Waals surface area contributed by atoms with Crippen molar-refractivity contribution in [3.8, 4) is 11.5 Å². The summed E-state index contributed by atoms with van der Waals surface area (Å²) >= 11 is 3.56. The van der Waals surface area contributed by atoms with Gasteiger partial charge < -0.3 is 14.8 Å². The van der Waals surface area contributed by atoms with Gasteiger partial charge in [0.1, 0.15) is 11.5 Å². The van der Waals surface area contributed by atoms with Gasteiger partial charge in [-0.05, 0) is 34.5 Å². The lowest BCUT2D eigenvalue weighted by Gasteiger charge is -2.36. The molecule has 4 nitrogen and oxygen atoms in total. The fourth-order valence-electron chi connectivity index (χ4n) is 3.26. The third-order valence-corrected chi connectivity index (χ3v) is 5.16. The normalized spacial score (nSPS) is 17.0. The predicted molar refractivity (Wildman–Crippen MR) is 98.6 cm³/mol. The number of methoxy groups -OCH3 is 2. The Hall–Kier alpha value is -0.780. The first-order valence-corrected chi connectivity index (χ1v) is 9.36. The SMILES string of the molecule is CCCCC[C@@H](c1cc(OC)c(Br)cc1OC)N1CCNCC1. The van der Waals surface area contributed by atoms with Gasteiger partial charge >= 0.3 is 0 Å². The number of halogens is 1. The van der Waals surface area contributed by atoms with Crippen molar-refractivity contribution >= 4 is 15.9 Å². The second kappa shape index (κ2) is 9.50. The van der Waals surface area contributed by atoms with E-state index in [1.165, 1.54) is 24.8 Å². The van der Waals surface area contributed by atoms with Gasteiger partial charge in [-0.3, -0.25) is 4.90 Å². The number of nitrogens with zero attached hydrogens (tertiary/aromatic N) is 1. The molecule has 2 rings (SSSR count). The molecule has 0 bridgehead atoms. The lowest BCUT2D eigenvalue weighted by Crippen LogP contribution is -2.45. The Kier molecular flexibility index (Phi) is 7.66. The Labute approximate surface area is 148 Å². The van der Waals surface area contributed by atoms with E-state index in [2.05, 4.69) is 39.1 Å². The highest BCUT2D eigenvalue weighted by Gasteiger charge is 2.25. The van der Waals surface area contributed by atoms with Gasteiger partial charge in [0.25, 0.3) is 0 Å². The number of benzene rings is 1. The fourth-order valence-corrected chi connectivity index (χ4v) is 3.74. The zero-order valence-corrected chi connectivity index (χ0v) is 16.1. The minimum atomic E-state index is 0.389. The topological polar surface area (TPSA) is 33.7 Å². The van der Waals surface area contributed by atoms with Gasteiger partial charge in [-0.2, -0.15) is 0 Å². The summed E-state index contributed by atoms with van der Waals surface area (Å²) in [5.74, 6) is 1.81. The van der Waals surface area contributed by atoms with E-state index in [0.717, 1.165) is 48.6 Å². The molecule has 1 N–H and O–H groups in total. The number of rotatable bonds is 8. The fraction of sp³-hybridized carbons (Fsp3) is 0.667. The van der Waals surface area contributed by atoms with Gasteiger partial charge in [0.2, 0.25) is 0 Å². The average molecular weight is 385 g/mol. The molecule has 1 saturated heterocycles. The van der Waals surface area contributed by atoms with Crippen LogP contribution in [0.25, 0.3) is 0 Å². The predicted octanol–water partition coefficient (Wildman–Crippen LogP) is 3.99. The van der Waals surface area contributed by atoms with Crippen molar-refractivity contribution in [3.05, 3.63) is 22.2 Å². The van der Waals surface area contributed by atoms with Crippen molar-refractivity contribution in [1.29, 1.82) is 0 Å². The molecule has 1 aliphatic rings. The first kappa shape index (κ1) is 18.6. The largest absolute Gasteiger partial charge is 0.496 e. The standard InChI is InChI=1S/C18H29BrN2O2/c1-4-5-6-7-16(21-10-8-20-9-11-21)14-12-18(23-3)15(19)13-17(14)22-2/h12-13,16,20H,4-11H2,1-3H3/t16-/m0/s1. The molecule has 5 heteroatoms. The Balaban J connectivity index is 2.31. The molecule has 1 atom stereocenters. The van der Waals surface area contributed by atoms with Crippen molar-refractivity contribution in [2.24, 2.45) is 0 Å². The van der Waals surface area contributed by atoms with Crippen molar-refractivity contribution in [2.75, 3.05) is 40.4 Å². The van der Waals surface area contributed by atoms with Gasteiger partial charge in [-0.15, -0.1) is 0 Å². The molecule has 1 aliphatic heterocycles. The van der Waals surface area contributed by atoms with Crippen LogP contribution < -0.4 is 14.8 Å². The smallest absolute Gasteiger partial charge is 0.133 e. The van der Waals surface area contributed by atoms with E-state index in [1.807, 2.05) is 6.07 Å². The van der Waals surface area contributed by atoms with Crippen LogP contribution in [0.15, 0.2) is 16.6 Å². The van der Waals surface area contributed by atoms with E-state index in [9.17, 15) is 0 Å². The van der Waals surface area contributed by atoms with E-state index in [1.54, 1.807) is 14.2 Å². The number of nitrogens with one attached hydrogen (secondary N) is 1. The molecule has 1 fully saturated rings. The van der Waals surface area contributed by atoms with Crippen LogP contribution in [0.5, 0.6) is 11.5 Å². The van der Waals surface area contributed by atoms with Gasteiger partial charge in [0, 0.05) is 37.8 Å². The Bertz CT molecular complexity index is 490. The van der Waals surface area contributed by atoms with Crippen LogP contribution in [0, 0.1) is 0 Å². The molecule has 0 aliphatic carbocycles. The summed E-state index contributed by atoms with van der Waals surface area (Å²) in [6.45, 7) is 6.53. The maximum Gasteiger partial charge on any atom is 0.133 e. The number of piperazine rings is 1. The zero-order valence-electron chi connectivity index (χ0n) is 14.5. The van der Waals surface area contributed by atoms with Crippen LogP contribution in [0.2, 0.25) is 0 Å². The summed E-state index contributed by atoms with van der Waals surface area (Å²) in [5, 5.41) is 3.44. The molecular weight excluding hydrogens is 356 g/mol. The highest BCUT2D eigenvalue weighted by molar-refractivity contribution is 9.10. The third-order valence-electron chi connectivity index (χ3n) is 4.54. The third kappa shape index (κ3) is 4.85. The monoisotopic (exact) mass is 384 g/mol. The van der Waals surface area contributed by atoms with Crippen molar-refractivity contribution in [2.45, 2.75) is 38.6 Å². The summed E-state index contributed by atoms with van der Waals surface area (Å²) in [5.41, 5.74) is 1.24. The maximum absolute atomic E-state index is 5.68. The second-order valence-corrected chi connectivity index (χ2v) is 6.88. The van der Waals surface area contributed by atoms with E-state index in [-0.39, 0.29) is 0 Å². The van der Waals surface area contributed by atoms with Crippen LogP contribution in [-0.2, 0) is 0 Å². The molecule has 23 heavy (non-hydrogen) atoms. The van der Waals surface area contributed by atoms with Crippen molar-refractivity contribution in [3.63, 3.8) is 0 Å². The molecule has 0 unspecified atom stereocenters. The van der Waals surface area contributed by atoms with Crippen LogP contribution in [0.3, 0.4) is 0 Å². The van der Waals surface area contributed by atoms with Gasteiger partial charge in [0.05, 0.1) is 18.7 Å². The van der Waals surface area contributed by atoms with Crippen LogP contribution in [-0.4, -0.2) is 45.3 Å². The van der Waals surface area contributed by atoms with Gasteiger partial charge in [0.15, 0.2) is 0 Å². The quantitative estimate of drug-likeness (QED) is 0.686. The Morgan fingerprint density at radius 2 is 1.83 bits per heavy atom. The van der Waals surface area contributed by atoms with Gasteiger partial charge in [-0.25, -0.2) is 0 Å². The van der Waals surface area contributed by atoms with Gasteiger partial charge in [-0.1, -0.05) is 26.2 Å². The number of hydrogen-bond donors (Lipinski definition) is 1. The molecule has 1 heterocycles. The molecule has 0 radical (unpaired) electrons. The van der Waals surface area contributed by atoms with Crippen LogP contribution >= 0.6 is 15.9 Å². The first-order chi connectivity index (χ1) is 11.2. The summed E-state index contributed by atoms with van der Waals surface area (Å²) in [7, 11) is 3.46. The number of ether oxygens (including phenoxy) is 2. The molecule has 0 amide bonds. The summed E-state index contributed by atoms with van der Waals surface area (Å²) < 4.78 is 12.1. The second-order valence-electron chi connectivity index (χ2n) is 6.03. The average Bonchev–Trinajstić information content (AvgIpc) is 2.59. The van der Waals surface area contributed by atoms with E-state index < -0.39 is 0 Å². The molecule has 0 saturated carbocycles. The molecule has 0 aromatic heterocycles. The summed E-state index contributed by atoms with van der Waals surface area (Å²) in [6, 6.07) is 4.56. The van der Waals surface area contributed by atoms with Crippen molar-refractivity contribution < 1.29 is 9.47 Å². The highest BCUT2D eigenvalue weighted by Crippen LogP contribution is 2.39. The van der Waals surface area contributed by atoms with E-state index in [4.69, 9.17) is 9.47 Å². The minimum absolute atomic E-state index is 0.389. The molecule has 1 aromatic carbocycles. The highest BCUT2D eigenvalue weighted by atomic mass is 79.9. The molecule has 130 valence electrons. The number of hydrogen-bond acceptors (Lipinski definition) is 4. The zero-order chi connectivity index (χ0) is 16.7.